The minimum absolute atomic E-state index is 0.235. The van der Waals surface area contributed by atoms with Crippen molar-refractivity contribution in [2.24, 2.45) is 0 Å². The first-order valence-corrected chi connectivity index (χ1v) is 3.52. The van der Waals surface area contributed by atoms with Crippen molar-refractivity contribution in [1.29, 1.82) is 0 Å². The number of carbonyl (C=O) groups is 2. The molecule has 2 N–H and O–H groups in total. The molecule has 0 aliphatic carbocycles. The average molecular weight is 176 g/mol. The molecule has 0 aromatic carbocycles. The molecular weight excluding hydrogens is 167 g/mol. The lowest BCUT2D eigenvalue weighted by atomic mass is 10.3. The Kier molecular flexibility index (Phi) is 2.59. The Bertz CT molecular complexity index is 209. The van der Waals surface area contributed by atoms with Gasteiger partial charge in [0.25, 0.3) is 5.91 Å². The number of amides is 3. The van der Waals surface area contributed by atoms with Crippen LogP contribution in [0, 0.1) is 0 Å². The molecule has 1 fully saturated rings. The summed E-state index contributed by atoms with van der Waals surface area (Å²) in [5, 5.41) is 3.90. The maximum Gasteiger partial charge on any atom is 0.323 e. The van der Waals surface area contributed by atoms with Crippen molar-refractivity contribution < 1.29 is 18.7 Å². The van der Waals surface area contributed by atoms with E-state index in [1.165, 1.54) is 0 Å². The van der Waals surface area contributed by atoms with E-state index in [1.807, 2.05) is 0 Å². The van der Waals surface area contributed by atoms with Crippen LogP contribution in [0.15, 0.2) is 0 Å². The maximum absolute atomic E-state index is 12.9. The largest absolute Gasteiger partial charge is 0.355 e. The van der Waals surface area contributed by atoms with Crippen LogP contribution in [0.2, 0.25) is 0 Å². The maximum atomic E-state index is 12.9. The Hall–Kier alpha value is -1.17. The van der Waals surface area contributed by atoms with Gasteiger partial charge in [-0.05, 0) is 6.92 Å². The fraction of sp³-hybridized carbons (Fsp3) is 0.667. The smallest absolute Gasteiger partial charge is 0.323 e. The molecule has 0 aromatic heterocycles. The predicted octanol–water partition coefficient (Wildman–Crippen LogP) is -0.474. The van der Waals surface area contributed by atoms with Crippen LogP contribution < -0.4 is 10.6 Å². The minimum Gasteiger partial charge on any atom is -0.355 e. The van der Waals surface area contributed by atoms with Crippen LogP contribution in [0.1, 0.15) is 6.92 Å². The van der Waals surface area contributed by atoms with Crippen LogP contribution in [0.3, 0.4) is 0 Å². The number of carbonyl (C=O) groups excluding carboxylic acids is 2. The first-order valence-electron chi connectivity index (χ1n) is 3.52. The lowest BCUT2D eigenvalue weighted by molar-refractivity contribution is -0.134. The molecular formula is C6H9FN2O3. The number of rotatable bonds is 2. The normalized spacial score (nSPS) is 29.5. The highest BCUT2D eigenvalue weighted by molar-refractivity contribution is 5.99. The Morgan fingerprint density at radius 1 is 1.58 bits per heavy atom. The molecule has 6 heteroatoms. The van der Waals surface area contributed by atoms with Crippen LogP contribution in [0.25, 0.3) is 0 Å². The fourth-order valence-corrected chi connectivity index (χ4v) is 0.862. The summed E-state index contributed by atoms with van der Waals surface area (Å²) in [6, 6.07) is -0.729. The third-order valence-electron chi connectivity index (χ3n) is 1.37. The van der Waals surface area contributed by atoms with E-state index in [-0.39, 0.29) is 6.61 Å². The zero-order valence-corrected chi connectivity index (χ0v) is 6.46. The van der Waals surface area contributed by atoms with E-state index in [0.717, 1.165) is 0 Å². The number of alkyl halides is 1. The van der Waals surface area contributed by atoms with Gasteiger partial charge in [0.15, 0.2) is 6.23 Å². The number of ether oxygens (including phenoxy) is 1. The van der Waals surface area contributed by atoms with Gasteiger partial charge >= 0.3 is 6.03 Å². The highest BCUT2D eigenvalue weighted by atomic mass is 19.1. The van der Waals surface area contributed by atoms with Gasteiger partial charge in [0.05, 0.1) is 0 Å². The number of nitrogens with one attached hydrogen (secondary N) is 2. The highest BCUT2D eigenvalue weighted by Gasteiger charge is 2.35. The summed E-state index contributed by atoms with van der Waals surface area (Å²) < 4.78 is 17.6. The van der Waals surface area contributed by atoms with Crippen LogP contribution in [0.5, 0.6) is 0 Å². The molecule has 3 amide bonds. The van der Waals surface area contributed by atoms with Gasteiger partial charge in [-0.3, -0.25) is 10.1 Å². The summed E-state index contributed by atoms with van der Waals surface area (Å²) >= 11 is 0. The zero-order chi connectivity index (χ0) is 9.14. The molecule has 1 aliphatic rings. The van der Waals surface area contributed by atoms with E-state index in [1.54, 1.807) is 12.2 Å². The van der Waals surface area contributed by atoms with Crippen molar-refractivity contribution in [3.8, 4) is 0 Å². The number of imide groups is 1. The van der Waals surface area contributed by atoms with Crippen LogP contribution in [-0.4, -0.2) is 30.9 Å². The van der Waals surface area contributed by atoms with Gasteiger partial charge in [-0.2, -0.15) is 0 Å². The van der Waals surface area contributed by atoms with Crippen molar-refractivity contribution in [3.05, 3.63) is 0 Å². The molecule has 0 radical (unpaired) electrons. The van der Waals surface area contributed by atoms with Gasteiger partial charge < -0.3 is 10.1 Å². The van der Waals surface area contributed by atoms with Gasteiger partial charge in [0, 0.05) is 6.61 Å². The molecule has 12 heavy (non-hydrogen) atoms. The first kappa shape index (κ1) is 8.92. The Morgan fingerprint density at radius 2 is 2.25 bits per heavy atom. The molecule has 1 aliphatic heterocycles. The van der Waals surface area contributed by atoms with E-state index >= 15 is 0 Å². The molecule has 1 heterocycles. The Labute approximate surface area is 68.3 Å². The van der Waals surface area contributed by atoms with Gasteiger partial charge in [-0.25, -0.2) is 9.18 Å². The van der Waals surface area contributed by atoms with Crippen LogP contribution in [0.4, 0.5) is 9.18 Å². The summed E-state index contributed by atoms with van der Waals surface area (Å²) in [4.78, 5) is 21.3. The van der Waals surface area contributed by atoms with E-state index < -0.39 is 24.3 Å². The molecule has 0 saturated carbocycles. The summed E-state index contributed by atoms with van der Waals surface area (Å²) in [6.07, 6.45) is -2.99. The Morgan fingerprint density at radius 3 is 2.83 bits per heavy atom. The lowest BCUT2D eigenvalue weighted by Crippen LogP contribution is -2.60. The second-order valence-corrected chi connectivity index (χ2v) is 2.24. The number of halogens is 1. The van der Waals surface area contributed by atoms with E-state index in [9.17, 15) is 14.0 Å². The van der Waals surface area contributed by atoms with E-state index in [4.69, 9.17) is 4.74 Å². The molecule has 1 saturated heterocycles. The third-order valence-corrected chi connectivity index (χ3v) is 1.37. The molecule has 5 nitrogen and oxygen atoms in total. The lowest BCUT2D eigenvalue weighted by Gasteiger charge is -2.25. The van der Waals surface area contributed by atoms with Crippen molar-refractivity contribution in [2.75, 3.05) is 6.61 Å². The molecule has 0 bridgehead atoms. The van der Waals surface area contributed by atoms with Crippen molar-refractivity contribution in [2.45, 2.75) is 19.3 Å². The third kappa shape index (κ3) is 1.70. The molecule has 0 spiro atoms. The minimum atomic E-state index is -1.83. The van der Waals surface area contributed by atoms with Crippen LogP contribution >= 0.6 is 0 Å². The molecule has 68 valence electrons. The summed E-state index contributed by atoms with van der Waals surface area (Å²) in [7, 11) is 0. The fourth-order valence-electron chi connectivity index (χ4n) is 0.862. The predicted molar refractivity (Wildman–Crippen MR) is 37.0 cm³/mol. The zero-order valence-electron chi connectivity index (χ0n) is 6.46. The van der Waals surface area contributed by atoms with Crippen molar-refractivity contribution in [1.82, 2.24) is 10.6 Å². The summed E-state index contributed by atoms with van der Waals surface area (Å²) in [5.41, 5.74) is 0. The highest BCUT2D eigenvalue weighted by Crippen LogP contribution is 2.05. The first-order chi connectivity index (χ1) is 5.65. The quantitative estimate of drug-likeness (QED) is 0.597. The van der Waals surface area contributed by atoms with Crippen LogP contribution in [-0.2, 0) is 9.53 Å². The molecule has 0 aromatic rings. The Balaban J connectivity index is 2.59. The molecule has 0 unspecified atom stereocenters. The van der Waals surface area contributed by atoms with Gasteiger partial charge in [-0.1, -0.05) is 0 Å². The van der Waals surface area contributed by atoms with Gasteiger partial charge in [-0.15, -0.1) is 0 Å². The number of hydrogen-bond acceptors (Lipinski definition) is 3. The van der Waals surface area contributed by atoms with Gasteiger partial charge in [0.1, 0.15) is 0 Å². The summed E-state index contributed by atoms with van der Waals surface area (Å²) in [6.45, 7) is 1.88. The second kappa shape index (κ2) is 3.48. The average Bonchev–Trinajstić information content (AvgIpc) is 2.00. The second-order valence-electron chi connectivity index (χ2n) is 2.24. The van der Waals surface area contributed by atoms with E-state index in [0.29, 0.717) is 0 Å². The SMILES string of the molecule is CCO[C@H]1NC(=O)NC(=O)[C@@H]1F. The number of urea groups is 1. The van der Waals surface area contributed by atoms with Gasteiger partial charge in [0.2, 0.25) is 6.17 Å². The summed E-state index contributed by atoms with van der Waals surface area (Å²) in [5.74, 6) is -0.961. The van der Waals surface area contributed by atoms with Crippen molar-refractivity contribution >= 4 is 11.9 Å². The van der Waals surface area contributed by atoms with Crippen molar-refractivity contribution in [3.63, 3.8) is 0 Å². The molecule has 2 atom stereocenters. The number of hydrogen-bond donors (Lipinski definition) is 2. The monoisotopic (exact) mass is 176 g/mol. The standard InChI is InChI=1S/C6H9FN2O3/c1-2-12-5-3(7)4(10)8-6(11)9-5/h3,5H,2H2,1H3,(H2,8,9,10,11)/t3-,5+/m0/s1. The molecule has 1 rings (SSSR count). The topological polar surface area (TPSA) is 67.4 Å². The van der Waals surface area contributed by atoms with E-state index in [2.05, 4.69) is 5.32 Å².